The molecule has 0 saturated heterocycles. The number of anilines is 1. The number of nitrogens with zero attached hydrogens (tertiary/aromatic N) is 1. The molecule has 0 aliphatic carbocycles. The zero-order chi connectivity index (χ0) is 18.2. The molecular weight excluding hydrogens is 316 g/mol. The van der Waals surface area contributed by atoms with Crippen molar-refractivity contribution in [2.24, 2.45) is 10.9 Å². The molecule has 0 aliphatic rings. The molecular formula is C20H24N2O3. The maximum absolute atomic E-state index is 12.6. The highest BCUT2D eigenvalue weighted by molar-refractivity contribution is 5.97. The number of carbonyl (C=O) groups is 1. The lowest BCUT2D eigenvalue weighted by atomic mass is 10.0. The molecule has 0 aromatic heterocycles. The molecule has 5 heteroatoms. The molecule has 2 rings (SSSR count). The van der Waals surface area contributed by atoms with Crippen LogP contribution in [-0.4, -0.2) is 32.4 Å². The van der Waals surface area contributed by atoms with Crippen LogP contribution in [0, 0.1) is 5.92 Å². The summed E-state index contributed by atoms with van der Waals surface area (Å²) in [6.07, 6.45) is 1.69. The molecule has 0 saturated carbocycles. The van der Waals surface area contributed by atoms with E-state index in [1.54, 1.807) is 44.7 Å². The van der Waals surface area contributed by atoms with Crippen molar-refractivity contribution in [3.63, 3.8) is 0 Å². The van der Waals surface area contributed by atoms with E-state index in [1.165, 1.54) is 0 Å². The molecule has 5 nitrogen and oxygen atoms in total. The van der Waals surface area contributed by atoms with Gasteiger partial charge in [0.25, 0.3) is 0 Å². The quantitative estimate of drug-likeness (QED) is 0.780. The van der Waals surface area contributed by atoms with E-state index >= 15 is 0 Å². The van der Waals surface area contributed by atoms with Gasteiger partial charge in [0.2, 0.25) is 5.91 Å². The Morgan fingerprint density at radius 3 is 2.32 bits per heavy atom. The summed E-state index contributed by atoms with van der Waals surface area (Å²) in [4.78, 5) is 17.1. The summed E-state index contributed by atoms with van der Waals surface area (Å²) in [6.45, 7) is 3.94. The van der Waals surface area contributed by atoms with Crippen molar-refractivity contribution in [3.8, 4) is 11.5 Å². The smallest absolute Gasteiger partial charge is 0.249 e. The molecule has 1 N–H and O–H groups in total. The monoisotopic (exact) mass is 340 g/mol. The second-order valence-electron chi connectivity index (χ2n) is 5.93. The van der Waals surface area contributed by atoms with Gasteiger partial charge in [0.05, 0.1) is 14.2 Å². The Bertz CT molecular complexity index is 724. The van der Waals surface area contributed by atoms with Crippen LogP contribution in [0.1, 0.15) is 19.4 Å². The zero-order valence-electron chi connectivity index (χ0n) is 15.0. The normalized spacial score (nSPS) is 12.2. The second kappa shape index (κ2) is 8.87. The van der Waals surface area contributed by atoms with Crippen LogP contribution in [-0.2, 0) is 4.79 Å². The van der Waals surface area contributed by atoms with Crippen LogP contribution in [0.4, 0.5) is 5.69 Å². The van der Waals surface area contributed by atoms with Gasteiger partial charge in [-0.3, -0.25) is 9.79 Å². The summed E-state index contributed by atoms with van der Waals surface area (Å²) in [7, 11) is 3.22. The molecule has 25 heavy (non-hydrogen) atoms. The predicted octanol–water partition coefficient (Wildman–Crippen LogP) is 3.79. The van der Waals surface area contributed by atoms with Crippen LogP contribution in [0.15, 0.2) is 53.5 Å². The molecule has 0 unspecified atom stereocenters. The fraction of sp³-hybridized carbons (Fsp3) is 0.300. The molecule has 0 fully saturated rings. The van der Waals surface area contributed by atoms with Gasteiger partial charge in [-0.05, 0) is 42.3 Å². The van der Waals surface area contributed by atoms with Crippen LogP contribution in [0.25, 0.3) is 0 Å². The second-order valence-corrected chi connectivity index (χ2v) is 5.93. The Morgan fingerprint density at radius 1 is 1.04 bits per heavy atom. The fourth-order valence-electron chi connectivity index (χ4n) is 2.37. The van der Waals surface area contributed by atoms with Crippen LogP contribution < -0.4 is 14.8 Å². The van der Waals surface area contributed by atoms with Crippen molar-refractivity contribution in [2.75, 3.05) is 19.5 Å². The summed E-state index contributed by atoms with van der Waals surface area (Å²) in [5.41, 5.74) is 1.55. The number of ether oxygens (including phenoxy) is 2. The molecule has 0 spiro atoms. The summed E-state index contributed by atoms with van der Waals surface area (Å²) in [5.74, 6) is 1.38. The maximum Gasteiger partial charge on any atom is 0.249 e. The van der Waals surface area contributed by atoms with Crippen LogP contribution >= 0.6 is 0 Å². The van der Waals surface area contributed by atoms with E-state index in [0.717, 1.165) is 17.1 Å². The zero-order valence-corrected chi connectivity index (χ0v) is 15.0. The third-order valence-electron chi connectivity index (χ3n) is 3.77. The average Bonchev–Trinajstić information content (AvgIpc) is 2.62. The minimum Gasteiger partial charge on any atom is -0.497 e. The number of amides is 1. The van der Waals surface area contributed by atoms with E-state index in [0.29, 0.717) is 5.69 Å². The first-order chi connectivity index (χ1) is 12.0. The van der Waals surface area contributed by atoms with Gasteiger partial charge in [-0.2, -0.15) is 0 Å². The highest BCUT2D eigenvalue weighted by Gasteiger charge is 2.21. The lowest BCUT2D eigenvalue weighted by molar-refractivity contribution is -0.118. The summed E-state index contributed by atoms with van der Waals surface area (Å²) < 4.78 is 10.4. The Balaban J connectivity index is 2.13. The van der Waals surface area contributed by atoms with Gasteiger partial charge < -0.3 is 14.8 Å². The van der Waals surface area contributed by atoms with Gasteiger partial charge in [0.1, 0.15) is 17.5 Å². The molecule has 132 valence electrons. The minimum atomic E-state index is -0.494. The molecule has 2 aromatic rings. The highest BCUT2D eigenvalue weighted by Crippen LogP contribution is 2.18. The molecule has 0 bridgehead atoms. The van der Waals surface area contributed by atoms with E-state index in [9.17, 15) is 4.79 Å². The Labute approximate surface area is 148 Å². The van der Waals surface area contributed by atoms with Gasteiger partial charge in [0.15, 0.2) is 0 Å². The molecule has 1 atom stereocenters. The highest BCUT2D eigenvalue weighted by atomic mass is 16.5. The predicted molar refractivity (Wildman–Crippen MR) is 101 cm³/mol. The number of hydrogen-bond acceptors (Lipinski definition) is 4. The van der Waals surface area contributed by atoms with Crippen molar-refractivity contribution >= 4 is 17.8 Å². The first-order valence-electron chi connectivity index (χ1n) is 8.16. The Kier molecular flexibility index (Phi) is 6.57. The molecule has 0 heterocycles. The van der Waals surface area contributed by atoms with E-state index in [2.05, 4.69) is 10.3 Å². The maximum atomic E-state index is 12.6. The van der Waals surface area contributed by atoms with Crippen LogP contribution in [0.2, 0.25) is 0 Å². The van der Waals surface area contributed by atoms with Crippen LogP contribution in [0.5, 0.6) is 11.5 Å². The molecule has 2 aromatic carbocycles. The van der Waals surface area contributed by atoms with Crippen molar-refractivity contribution in [3.05, 3.63) is 54.1 Å². The summed E-state index contributed by atoms with van der Waals surface area (Å²) in [6, 6.07) is 14.3. The first kappa shape index (κ1) is 18.5. The summed E-state index contributed by atoms with van der Waals surface area (Å²) >= 11 is 0. The lowest BCUT2D eigenvalue weighted by Crippen LogP contribution is -2.30. The van der Waals surface area contributed by atoms with Crippen molar-refractivity contribution < 1.29 is 14.3 Å². The number of methoxy groups -OCH3 is 2. The topological polar surface area (TPSA) is 59.9 Å². The number of para-hydroxylation sites is 1. The van der Waals surface area contributed by atoms with Crippen LogP contribution in [0.3, 0.4) is 0 Å². The number of aliphatic imine (C=N–C) groups is 1. The van der Waals surface area contributed by atoms with Crippen molar-refractivity contribution in [1.82, 2.24) is 0 Å². The lowest BCUT2D eigenvalue weighted by Gasteiger charge is -2.16. The minimum absolute atomic E-state index is 0.0594. The van der Waals surface area contributed by atoms with E-state index in [1.807, 2.05) is 38.1 Å². The number of rotatable bonds is 7. The Morgan fingerprint density at radius 2 is 1.72 bits per heavy atom. The summed E-state index contributed by atoms with van der Waals surface area (Å²) in [5, 5.41) is 2.90. The molecule has 0 radical (unpaired) electrons. The first-order valence-corrected chi connectivity index (χ1v) is 8.16. The Hall–Kier alpha value is -2.82. The van der Waals surface area contributed by atoms with Gasteiger partial charge in [-0.25, -0.2) is 0 Å². The fourth-order valence-corrected chi connectivity index (χ4v) is 2.37. The third-order valence-corrected chi connectivity index (χ3v) is 3.77. The van der Waals surface area contributed by atoms with Gasteiger partial charge in [-0.1, -0.05) is 26.0 Å². The number of benzene rings is 2. The molecule has 1 amide bonds. The number of nitrogens with one attached hydrogen (secondary N) is 1. The van der Waals surface area contributed by atoms with Gasteiger partial charge in [0, 0.05) is 17.5 Å². The van der Waals surface area contributed by atoms with Gasteiger partial charge in [-0.15, -0.1) is 0 Å². The van der Waals surface area contributed by atoms with E-state index in [-0.39, 0.29) is 11.8 Å². The largest absolute Gasteiger partial charge is 0.497 e. The van der Waals surface area contributed by atoms with E-state index in [4.69, 9.17) is 9.47 Å². The third kappa shape index (κ3) is 5.08. The van der Waals surface area contributed by atoms with Crippen molar-refractivity contribution in [1.29, 1.82) is 0 Å². The van der Waals surface area contributed by atoms with E-state index < -0.39 is 6.04 Å². The number of carbonyl (C=O) groups excluding carboxylic acids is 1. The SMILES string of the molecule is COc1ccc(NC(=O)[C@@H](N=Cc2ccccc2OC)C(C)C)cc1. The standard InChI is InChI=1S/C20H24N2O3/c1-14(2)19(21-13-15-7-5-6-8-18(15)25-4)20(23)22-16-9-11-17(24-3)12-10-16/h5-14,19H,1-4H3,(H,22,23)/t19-/m0/s1. The van der Waals surface area contributed by atoms with Crippen molar-refractivity contribution in [2.45, 2.75) is 19.9 Å². The van der Waals surface area contributed by atoms with Gasteiger partial charge >= 0.3 is 0 Å². The molecule has 0 aliphatic heterocycles. The number of hydrogen-bond donors (Lipinski definition) is 1. The average molecular weight is 340 g/mol.